The number of hydrogen-bond acceptors (Lipinski definition) is 5. The monoisotopic (exact) mass is 302 g/mol. The molecule has 0 aliphatic carbocycles. The summed E-state index contributed by atoms with van der Waals surface area (Å²) >= 11 is 0. The Bertz CT molecular complexity index is 635. The first-order valence-electron chi connectivity index (χ1n) is 6.83. The van der Waals surface area contributed by atoms with Crippen LogP contribution in [-0.2, 0) is 9.59 Å². The van der Waals surface area contributed by atoms with E-state index < -0.39 is 5.92 Å². The SMILES string of the molecule is COc1ccc(/C(C)=N\NC(=O)C[C@@H]2C(=O)NN=C2C)cc1. The normalized spacial score (nSPS) is 17.8. The van der Waals surface area contributed by atoms with E-state index in [-0.39, 0.29) is 18.2 Å². The lowest BCUT2D eigenvalue weighted by atomic mass is 10.0. The topological polar surface area (TPSA) is 92.1 Å². The molecule has 1 heterocycles. The van der Waals surface area contributed by atoms with Gasteiger partial charge in [0.1, 0.15) is 5.75 Å². The summed E-state index contributed by atoms with van der Waals surface area (Å²) in [4.78, 5) is 23.3. The molecule has 0 radical (unpaired) electrons. The Labute approximate surface area is 128 Å². The minimum atomic E-state index is -0.517. The highest BCUT2D eigenvalue weighted by Gasteiger charge is 2.29. The highest BCUT2D eigenvalue weighted by Crippen LogP contribution is 2.13. The number of nitrogens with zero attached hydrogens (tertiary/aromatic N) is 2. The summed E-state index contributed by atoms with van der Waals surface area (Å²) in [5, 5.41) is 7.85. The molecule has 1 aromatic carbocycles. The number of carbonyl (C=O) groups is 2. The third kappa shape index (κ3) is 3.69. The average Bonchev–Trinajstić information content (AvgIpc) is 2.84. The number of hydrazone groups is 2. The highest BCUT2D eigenvalue weighted by atomic mass is 16.5. The molecular weight excluding hydrogens is 284 g/mol. The van der Waals surface area contributed by atoms with E-state index in [1.54, 1.807) is 21.0 Å². The Morgan fingerprint density at radius 3 is 2.64 bits per heavy atom. The lowest BCUT2D eigenvalue weighted by Gasteiger charge is -2.07. The van der Waals surface area contributed by atoms with Crippen molar-refractivity contribution in [1.29, 1.82) is 0 Å². The van der Waals surface area contributed by atoms with Crippen molar-refractivity contribution in [2.75, 3.05) is 7.11 Å². The summed E-state index contributed by atoms with van der Waals surface area (Å²) in [5.74, 6) is -0.355. The van der Waals surface area contributed by atoms with E-state index in [0.717, 1.165) is 11.3 Å². The summed E-state index contributed by atoms with van der Waals surface area (Å²) in [6.07, 6.45) is 0.0283. The van der Waals surface area contributed by atoms with Gasteiger partial charge in [-0.05, 0) is 43.7 Å². The van der Waals surface area contributed by atoms with Crippen LogP contribution in [0.1, 0.15) is 25.8 Å². The lowest BCUT2D eigenvalue weighted by molar-refractivity contribution is -0.127. The van der Waals surface area contributed by atoms with Crippen LogP contribution < -0.4 is 15.6 Å². The van der Waals surface area contributed by atoms with E-state index in [9.17, 15) is 9.59 Å². The third-order valence-electron chi connectivity index (χ3n) is 3.41. The van der Waals surface area contributed by atoms with Gasteiger partial charge in [0.15, 0.2) is 0 Å². The number of hydrogen-bond donors (Lipinski definition) is 2. The van der Waals surface area contributed by atoms with E-state index >= 15 is 0 Å². The van der Waals surface area contributed by atoms with Gasteiger partial charge < -0.3 is 4.74 Å². The summed E-state index contributed by atoms with van der Waals surface area (Å²) in [6, 6.07) is 7.34. The first kappa shape index (κ1) is 15.7. The van der Waals surface area contributed by atoms with Gasteiger partial charge in [0, 0.05) is 12.1 Å². The van der Waals surface area contributed by atoms with Crippen LogP contribution in [0.2, 0.25) is 0 Å². The molecule has 116 valence electrons. The number of carbonyl (C=O) groups excluding carboxylic acids is 2. The maximum atomic E-state index is 11.9. The molecule has 7 heteroatoms. The second-order valence-corrected chi connectivity index (χ2v) is 4.95. The molecule has 22 heavy (non-hydrogen) atoms. The van der Waals surface area contributed by atoms with E-state index in [1.165, 1.54) is 0 Å². The molecule has 1 atom stereocenters. The third-order valence-corrected chi connectivity index (χ3v) is 3.41. The van der Waals surface area contributed by atoms with Crippen LogP contribution in [0.5, 0.6) is 5.75 Å². The number of amides is 2. The molecule has 7 nitrogen and oxygen atoms in total. The zero-order chi connectivity index (χ0) is 16.1. The predicted octanol–water partition coefficient (Wildman–Crippen LogP) is 1.05. The summed E-state index contributed by atoms with van der Waals surface area (Å²) < 4.78 is 5.08. The van der Waals surface area contributed by atoms with Crippen molar-refractivity contribution in [3.8, 4) is 5.75 Å². The molecule has 0 unspecified atom stereocenters. The number of benzene rings is 1. The van der Waals surface area contributed by atoms with Gasteiger partial charge in [-0.25, -0.2) is 10.9 Å². The number of ether oxygens (including phenoxy) is 1. The molecule has 0 aromatic heterocycles. The minimum Gasteiger partial charge on any atom is -0.497 e. The second-order valence-electron chi connectivity index (χ2n) is 4.95. The van der Waals surface area contributed by atoms with Gasteiger partial charge in [0.25, 0.3) is 0 Å². The zero-order valence-electron chi connectivity index (χ0n) is 12.7. The smallest absolute Gasteiger partial charge is 0.249 e. The van der Waals surface area contributed by atoms with Gasteiger partial charge in [-0.1, -0.05) is 0 Å². The Kier molecular flexibility index (Phi) is 4.88. The van der Waals surface area contributed by atoms with Gasteiger partial charge >= 0.3 is 0 Å². The van der Waals surface area contributed by atoms with Crippen LogP contribution in [0.3, 0.4) is 0 Å². The van der Waals surface area contributed by atoms with Crippen LogP contribution in [-0.4, -0.2) is 30.3 Å². The summed E-state index contributed by atoms with van der Waals surface area (Å²) in [7, 11) is 1.60. The number of rotatable bonds is 5. The minimum absolute atomic E-state index is 0.0283. The fourth-order valence-electron chi connectivity index (χ4n) is 2.00. The number of methoxy groups -OCH3 is 1. The Morgan fingerprint density at radius 1 is 1.41 bits per heavy atom. The zero-order valence-corrected chi connectivity index (χ0v) is 12.7. The van der Waals surface area contributed by atoms with Crippen LogP contribution in [0, 0.1) is 5.92 Å². The molecule has 2 N–H and O–H groups in total. The standard InChI is InChI=1S/C15H18N4O3/c1-9(11-4-6-12(22-3)7-5-11)16-18-14(20)8-13-10(2)17-19-15(13)21/h4-7,13H,8H2,1-3H3,(H,18,20)(H,19,21)/b16-9-/t13-/m0/s1. The van der Waals surface area contributed by atoms with Crippen molar-refractivity contribution >= 4 is 23.2 Å². The molecule has 1 aliphatic rings. The molecule has 2 amide bonds. The Hall–Kier alpha value is -2.70. The van der Waals surface area contributed by atoms with Gasteiger partial charge in [0.05, 0.1) is 18.7 Å². The Balaban J connectivity index is 1.93. The van der Waals surface area contributed by atoms with Crippen LogP contribution in [0.25, 0.3) is 0 Å². The van der Waals surface area contributed by atoms with Crippen molar-refractivity contribution in [1.82, 2.24) is 10.9 Å². The highest BCUT2D eigenvalue weighted by molar-refractivity contribution is 6.09. The fraction of sp³-hybridized carbons (Fsp3) is 0.333. The first-order chi connectivity index (χ1) is 10.5. The summed E-state index contributed by atoms with van der Waals surface area (Å²) in [6.45, 7) is 3.50. The van der Waals surface area contributed by atoms with Crippen molar-refractivity contribution in [3.05, 3.63) is 29.8 Å². The van der Waals surface area contributed by atoms with Gasteiger partial charge in [-0.3, -0.25) is 9.59 Å². The molecule has 0 bridgehead atoms. The molecule has 0 spiro atoms. The van der Waals surface area contributed by atoms with Crippen LogP contribution in [0.4, 0.5) is 0 Å². The quantitative estimate of drug-likeness (QED) is 0.629. The van der Waals surface area contributed by atoms with Crippen molar-refractivity contribution < 1.29 is 14.3 Å². The van der Waals surface area contributed by atoms with Crippen molar-refractivity contribution in [2.45, 2.75) is 20.3 Å². The molecule has 1 aromatic rings. The largest absolute Gasteiger partial charge is 0.497 e. The van der Waals surface area contributed by atoms with Gasteiger partial charge in [-0.2, -0.15) is 10.2 Å². The van der Waals surface area contributed by atoms with Crippen LogP contribution in [0.15, 0.2) is 34.5 Å². The van der Waals surface area contributed by atoms with Crippen molar-refractivity contribution in [2.24, 2.45) is 16.1 Å². The molecule has 0 fully saturated rings. The molecule has 0 saturated heterocycles. The average molecular weight is 302 g/mol. The first-order valence-corrected chi connectivity index (χ1v) is 6.83. The van der Waals surface area contributed by atoms with Gasteiger partial charge in [0.2, 0.25) is 11.8 Å². The lowest BCUT2D eigenvalue weighted by Crippen LogP contribution is -2.29. The molecule has 0 saturated carbocycles. The van der Waals surface area contributed by atoms with E-state index in [4.69, 9.17) is 4.74 Å². The van der Waals surface area contributed by atoms with E-state index in [2.05, 4.69) is 21.1 Å². The Morgan fingerprint density at radius 2 is 2.09 bits per heavy atom. The van der Waals surface area contributed by atoms with E-state index in [1.807, 2.05) is 24.3 Å². The summed E-state index contributed by atoms with van der Waals surface area (Å²) in [5.41, 5.74) is 6.95. The maximum absolute atomic E-state index is 11.9. The number of nitrogens with one attached hydrogen (secondary N) is 2. The van der Waals surface area contributed by atoms with E-state index in [0.29, 0.717) is 11.4 Å². The molecular formula is C15H18N4O3. The molecule has 2 rings (SSSR count). The van der Waals surface area contributed by atoms with Crippen molar-refractivity contribution in [3.63, 3.8) is 0 Å². The van der Waals surface area contributed by atoms with Gasteiger partial charge in [-0.15, -0.1) is 0 Å². The maximum Gasteiger partial charge on any atom is 0.249 e. The fourth-order valence-corrected chi connectivity index (χ4v) is 2.00. The van der Waals surface area contributed by atoms with Crippen LogP contribution >= 0.6 is 0 Å². The second kappa shape index (κ2) is 6.84. The molecule has 1 aliphatic heterocycles. The predicted molar refractivity (Wildman–Crippen MR) is 82.7 cm³/mol.